The lowest BCUT2D eigenvalue weighted by Crippen LogP contribution is -2.36. The number of rotatable bonds is 7. The molecule has 1 amide bonds. The van der Waals surface area contributed by atoms with E-state index in [1.807, 2.05) is 48.2 Å². The highest BCUT2D eigenvalue weighted by Crippen LogP contribution is 2.15. The molecule has 0 aromatic heterocycles. The van der Waals surface area contributed by atoms with Crippen LogP contribution in [0, 0.1) is 5.92 Å². The van der Waals surface area contributed by atoms with Gasteiger partial charge in [0.05, 0.1) is 6.61 Å². The molecule has 0 aliphatic rings. The molecule has 0 unspecified atom stereocenters. The third-order valence-electron chi connectivity index (χ3n) is 3.05. The van der Waals surface area contributed by atoms with Crippen LogP contribution < -0.4 is 4.90 Å². The number of methoxy groups -OCH3 is 1. The molecule has 112 valence electrons. The van der Waals surface area contributed by atoms with E-state index in [0.717, 1.165) is 17.8 Å². The Morgan fingerprint density at radius 2 is 2.00 bits per heavy atom. The van der Waals surface area contributed by atoms with E-state index in [0.29, 0.717) is 19.1 Å². The molecule has 0 atom stereocenters. The Balaban J connectivity index is 2.89. The Hall–Kier alpha value is -1.55. The maximum Gasteiger partial charge on any atom is 0.254 e. The topological polar surface area (TPSA) is 32.8 Å². The standard InChI is InChI=1S/C16H26N2O2/c1-13(2)12-18(9-10-20-5)16(19)14-7-6-8-15(11-14)17(3)4/h6-8,11,13H,9-10,12H2,1-5H3. The van der Waals surface area contributed by atoms with E-state index < -0.39 is 0 Å². The zero-order valence-electron chi connectivity index (χ0n) is 13.2. The predicted octanol–water partition coefficient (Wildman–Crippen LogP) is 2.50. The lowest BCUT2D eigenvalue weighted by Gasteiger charge is -2.25. The molecule has 4 heteroatoms. The van der Waals surface area contributed by atoms with Crippen LogP contribution in [0.4, 0.5) is 5.69 Å². The summed E-state index contributed by atoms with van der Waals surface area (Å²) in [6, 6.07) is 7.73. The number of nitrogens with zero attached hydrogens (tertiary/aromatic N) is 2. The number of amides is 1. The normalized spacial score (nSPS) is 10.7. The van der Waals surface area contributed by atoms with E-state index in [1.165, 1.54) is 0 Å². The van der Waals surface area contributed by atoms with Gasteiger partial charge in [-0.2, -0.15) is 0 Å². The second-order valence-corrected chi connectivity index (χ2v) is 5.58. The monoisotopic (exact) mass is 278 g/mol. The van der Waals surface area contributed by atoms with Gasteiger partial charge >= 0.3 is 0 Å². The Bertz CT molecular complexity index is 430. The lowest BCUT2D eigenvalue weighted by molar-refractivity contribution is 0.0672. The molecule has 0 saturated heterocycles. The van der Waals surface area contributed by atoms with Crippen molar-refractivity contribution in [1.29, 1.82) is 0 Å². The van der Waals surface area contributed by atoms with Crippen LogP contribution in [0.3, 0.4) is 0 Å². The minimum atomic E-state index is 0.0689. The van der Waals surface area contributed by atoms with Gasteiger partial charge in [0.15, 0.2) is 0 Å². The Morgan fingerprint density at radius 3 is 2.55 bits per heavy atom. The van der Waals surface area contributed by atoms with Crippen LogP contribution in [0.1, 0.15) is 24.2 Å². The fraction of sp³-hybridized carbons (Fsp3) is 0.562. The van der Waals surface area contributed by atoms with Crippen LogP contribution in [0.15, 0.2) is 24.3 Å². The number of carbonyl (C=O) groups excluding carboxylic acids is 1. The van der Waals surface area contributed by atoms with Gasteiger partial charge in [-0.1, -0.05) is 19.9 Å². The number of ether oxygens (including phenoxy) is 1. The molecule has 0 aliphatic carbocycles. The van der Waals surface area contributed by atoms with Gasteiger partial charge in [0.1, 0.15) is 0 Å². The molecule has 1 rings (SSSR count). The van der Waals surface area contributed by atoms with E-state index in [-0.39, 0.29) is 5.91 Å². The highest BCUT2D eigenvalue weighted by atomic mass is 16.5. The summed E-state index contributed by atoms with van der Waals surface area (Å²) in [4.78, 5) is 16.5. The average Bonchev–Trinajstić information content (AvgIpc) is 2.42. The maximum absolute atomic E-state index is 12.6. The molecule has 1 aromatic rings. The van der Waals surface area contributed by atoms with E-state index in [9.17, 15) is 4.79 Å². The fourth-order valence-corrected chi connectivity index (χ4v) is 2.02. The first kappa shape index (κ1) is 16.5. The first-order valence-corrected chi connectivity index (χ1v) is 7.01. The molecule has 0 bridgehead atoms. The molecule has 1 aromatic carbocycles. The summed E-state index contributed by atoms with van der Waals surface area (Å²) in [5, 5.41) is 0. The van der Waals surface area contributed by atoms with Gasteiger partial charge in [0.2, 0.25) is 0 Å². The van der Waals surface area contributed by atoms with Crippen molar-refractivity contribution in [3.63, 3.8) is 0 Å². The molecule has 0 radical (unpaired) electrons. The van der Waals surface area contributed by atoms with Crippen molar-refractivity contribution in [3.8, 4) is 0 Å². The molecule has 0 N–H and O–H groups in total. The highest BCUT2D eigenvalue weighted by Gasteiger charge is 2.17. The summed E-state index contributed by atoms with van der Waals surface area (Å²) < 4.78 is 5.10. The molecular formula is C16H26N2O2. The van der Waals surface area contributed by atoms with Gasteiger partial charge in [0, 0.05) is 45.5 Å². The predicted molar refractivity (Wildman–Crippen MR) is 83.4 cm³/mol. The summed E-state index contributed by atoms with van der Waals surface area (Å²) in [5.41, 5.74) is 1.76. The molecule has 0 heterocycles. The second kappa shape index (κ2) is 7.90. The summed E-state index contributed by atoms with van der Waals surface area (Å²) >= 11 is 0. The van der Waals surface area contributed by atoms with Gasteiger partial charge < -0.3 is 14.5 Å². The van der Waals surface area contributed by atoms with Crippen molar-refractivity contribution in [2.75, 3.05) is 45.8 Å². The summed E-state index contributed by atoms with van der Waals surface area (Å²) in [6.07, 6.45) is 0. The molecule has 0 aliphatic heterocycles. The van der Waals surface area contributed by atoms with Gasteiger partial charge in [0.25, 0.3) is 5.91 Å². The Morgan fingerprint density at radius 1 is 1.30 bits per heavy atom. The summed E-state index contributed by atoms with van der Waals surface area (Å²) in [5.74, 6) is 0.507. The second-order valence-electron chi connectivity index (χ2n) is 5.58. The van der Waals surface area contributed by atoms with E-state index in [4.69, 9.17) is 4.74 Å². The van der Waals surface area contributed by atoms with Crippen molar-refractivity contribution < 1.29 is 9.53 Å². The number of hydrogen-bond acceptors (Lipinski definition) is 3. The molecular weight excluding hydrogens is 252 g/mol. The summed E-state index contributed by atoms with van der Waals surface area (Å²) in [6.45, 7) is 6.16. The van der Waals surface area contributed by atoms with Gasteiger partial charge in [-0.05, 0) is 24.1 Å². The van der Waals surface area contributed by atoms with Gasteiger partial charge in [-0.25, -0.2) is 0 Å². The minimum Gasteiger partial charge on any atom is -0.383 e. The first-order valence-electron chi connectivity index (χ1n) is 7.01. The van der Waals surface area contributed by atoms with Crippen molar-refractivity contribution in [2.45, 2.75) is 13.8 Å². The van der Waals surface area contributed by atoms with Crippen LogP contribution in [0.5, 0.6) is 0 Å². The first-order chi connectivity index (χ1) is 9.45. The smallest absolute Gasteiger partial charge is 0.254 e. The number of carbonyl (C=O) groups is 1. The maximum atomic E-state index is 12.6. The van der Waals surface area contributed by atoms with E-state index in [2.05, 4.69) is 13.8 Å². The third kappa shape index (κ3) is 4.85. The van der Waals surface area contributed by atoms with Gasteiger partial charge in [-0.15, -0.1) is 0 Å². The number of benzene rings is 1. The molecule has 4 nitrogen and oxygen atoms in total. The minimum absolute atomic E-state index is 0.0689. The van der Waals surface area contributed by atoms with Gasteiger partial charge in [-0.3, -0.25) is 4.79 Å². The molecule has 20 heavy (non-hydrogen) atoms. The number of hydrogen-bond donors (Lipinski definition) is 0. The van der Waals surface area contributed by atoms with E-state index in [1.54, 1.807) is 7.11 Å². The van der Waals surface area contributed by atoms with Crippen LogP contribution >= 0.6 is 0 Å². The molecule has 0 fully saturated rings. The Labute approximate surface area is 122 Å². The SMILES string of the molecule is COCCN(CC(C)C)C(=O)c1cccc(N(C)C)c1. The fourth-order valence-electron chi connectivity index (χ4n) is 2.02. The Kier molecular flexibility index (Phi) is 6.52. The highest BCUT2D eigenvalue weighted by molar-refractivity contribution is 5.95. The van der Waals surface area contributed by atoms with E-state index >= 15 is 0 Å². The van der Waals surface area contributed by atoms with Crippen molar-refractivity contribution in [2.24, 2.45) is 5.92 Å². The quantitative estimate of drug-likeness (QED) is 0.768. The van der Waals surface area contributed by atoms with Crippen molar-refractivity contribution in [3.05, 3.63) is 29.8 Å². The molecule has 0 spiro atoms. The van der Waals surface area contributed by atoms with Crippen molar-refractivity contribution in [1.82, 2.24) is 4.90 Å². The zero-order chi connectivity index (χ0) is 15.1. The van der Waals surface area contributed by atoms with Crippen LogP contribution in [-0.4, -0.2) is 51.7 Å². The largest absolute Gasteiger partial charge is 0.383 e. The summed E-state index contributed by atoms with van der Waals surface area (Å²) in [7, 11) is 5.60. The number of anilines is 1. The van der Waals surface area contributed by atoms with Crippen LogP contribution in [-0.2, 0) is 4.74 Å². The lowest BCUT2D eigenvalue weighted by atomic mass is 10.1. The third-order valence-corrected chi connectivity index (χ3v) is 3.05. The van der Waals surface area contributed by atoms with Crippen LogP contribution in [0.25, 0.3) is 0 Å². The van der Waals surface area contributed by atoms with Crippen molar-refractivity contribution >= 4 is 11.6 Å². The average molecular weight is 278 g/mol. The zero-order valence-corrected chi connectivity index (χ0v) is 13.2. The molecule has 0 saturated carbocycles. The van der Waals surface area contributed by atoms with Crippen LogP contribution in [0.2, 0.25) is 0 Å².